The predicted octanol–water partition coefficient (Wildman–Crippen LogP) is 2.34. The van der Waals surface area contributed by atoms with Crippen LogP contribution in [0.1, 0.15) is 34.6 Å². The monoisotopic (exact) mass is 500 g/mol. The van der Waals surface area contributed by atoms with Crippen LogP contribution in [0.2, 0.25) is 5.02 Å². The van der Waals surface area contributed by atoms with E-state index in [9.17, 15) is 33.2 Å². The molecular formula is C19H21ClN4O8S. The number of aromatic hydroxyl groups is 1. The highest BCUT2D eigenvalue weighted by Gasteiger charge is 2.28. The number of rotatable bonds is 9. The number of nitrogens with two attached hydrogens (primary N) is 1. The average Bonchev–Trinajstić information content (AvgIpc) is 2.75. The number of methoxy groups -OCH3 is 1. The molecule has 0 spiro atoms. The van der Waals surface area contributed by atoms with Crippen LogP contribution in [-0.4, -0.2) is 54.8 Å². The SMILES string of the molecule is CCN(CC)S(=O)(=O)c1cc(NC(=O)c2cc(Cl)c(O)c([N+](=O)[O-])c2)c(OC)c(C(N)=O)c1. The number of primary amides is 1. The minimum Gasteiger partial charge on any atom is -0.501 e. The molecule has 0 aliphatic heterocycles. The zero-order valence-electron chi connectivity index (χ0n) is 17.8. The van der Waals surface area contributed by atoms with Crippen LogP contribution in [0.15, 0.2) is 29.2 Å². The number of phenolic OH excluding ortho intramolecular Hbond substituents is 1. The number of nitro groups is 1. The fourth-order valence-corrected chi connectivity index (χ4v) is 4.73. The van der Waals surface area contributed by atoms with Crippen LogP contribution in [0, 0.1) is 10.1 Å². The zero-order valence-corrected chi connectivity index (χ0v) is 19.4. The first-order chi connectivity index (χ1) is 15.4. The highest BCUT2D eigenvalue weighted by atomic mass is 35.5. The molecule has 0 bridgehead atoms. The lowest BCUT2D eigenvalue weighted by Crippen LogP contribution is -2.31. The van der Waals surface area contributed by atoms with Crippen molar-refractivity contribution in [1.82, 2.24) is 4.31 Å². The second kappa shape index (κ2) is 10.0. The zero-order chi connectivity index (χ0) is 25.1. The van der Waals surface area contributed by atoms with Gasteiger partial charge in [0.1, 0.15) is 0 Å². The normalized spacial score (nSPS) is 11.3. The van der Waals surface area contributed by atoms with Gasteiger partial charge in [-0.25, -0.2) is 8.42 Å². The van der Waals surface area contributed by atoms with Crippen LogP contribution in [0.3, 0.4) is 0 Å². The lowest BCUT2D eigenvalue weighted by Gasteiger charge is -2.21. The third-order valence-corrected chi connectivity index (χ3v) is 6.94. The summed E-state index contributed by atoms with van der Waals surface area (Å²) < 4.78 is 32.3. The van der Waals surface area contributed by atoms with Crippen molar-refractivity contribution in [2.24, 2.45) is 5.73 Å². The molecule has 0 fully saturated rings. The fraction of sp³-hybridized carbons (Fsp3) is 0.263. The largest absolute Gasteiger partial charge is 0.501 e. The molecule has 2 rings (SSSR count). The highest BCUT2D eigenvalue weighted by Crippen LogP contribution is 2.36. The molecule has 12 nitrogen and oxygen atoms in total. The lowest BCUT2D eigenvalue weighted by atomic mass is 10.1. The van der Waals surface area contributed by atoms with Crippen molar-refractivity contribution in [3.05, 3.63) is 50.5 Å². The maximum Gasteiger partial charge on any atom is 0.313 e. The number of hydrogen-bond donors (Lipinski definition) is 3. The Kier molecular flexibility index (Phi) is 7.84. The van der Waals surface area contributed by atoms with Crippen molar-refractivity contribution >= 4 is 44.8 Å². The van der Waals surface area contributed by atoms with Gasteiger partial charge in [-0.3, -0.25) is 19.7 Å². The lowest BCUT2D eigenvalue weighted by molar-refractivity contribution is -0.385. The van der Waals surface area contributed by atoms with Crippen molar-refractivity contribution in [1.29, 1.82) is 0 Å². The van der Waals surface area contributed by atoms with Crippen molar-refractivity contribution in [3.8, 4) is 11.5 Å². The number of phenols is 1. The van der Waals surface area contributed by atoms with Crippen molar-refractivity contribution in [3.63, 3.8) is 0 Å². The Labute approximate surface area is 194 Å². The van der Waals surface area contributed by atoms with E-state index in [1.54, 1.807) is 13.8 Å². The van der Waals surface area contributed by atoms with Crippen molar-refractivity contribution in [2.45, 2.75) is 18.7 Å². The minimum atomic E-state index is -4.06. The van der Waals surface area contributed by atoms with Crippen LogP contribution < -0.4 is 15.8 Å². The van der Waals surface area contributed by atoms with E-state index in [0.29, 0.717) is 0 Å². The Morgan fingerprint density at radius 2 is 1.85 bits per heavy atom. The van der Waals surface area contributed by atoms with Gasteiger partial charge in [-0.2, -0.15) is 4.31 Å². The molecule has 4 N–H and O–H groups in total. The topological polar surface area (TPSA) is 182 Å². The van der Waals surface area contributed by atoms with E-state index in [2.05, 4.69) is 5.32 Å². The summed E-state index contributed by atoms with van der Waals surface area (Å²) in [6.45, 7) is 3.55. The predicted molar refractivity (Wildman–Crippen MR) is 119 cm³/mol. The number of hydrogen-bond acceptors (Lipinski definition) is 8. The smallest absolute Gasteiger partial charge is 0.313 e. The Morgan fingerprint density at radius 3 is 2.33 bits per heavy atom. The number of amides is 2. The van der Waals surface area contributed by atoms with E-state index in [1.807, 2.05) is 0 Å². The number of carbonyl (C=O) groups excluding carboxylic acids is 2. The minimum absolute atomic E-state index is 0.147. The average molecular weight is 501 g/mol. The van der Waals surface area contributed by atoms with Crippen LogP contribution in [0.25, 0.3) is 0 Å². The Morgan fingerprint density at radius 1 is 1.24 bits per heavy atom. The number of halogens is 1. The molecule has 0 radical (unpaired) electrons. The van der Waals surface area contributed by atoms with Crippen LogP contribution in [-0.2, 0) is 10.0 Å². The molecule has 2 aromatic carbocycles. The van der Waals surface area contributed by atoms with Gasteiger partial charge in [0.15, 0.2) is 5.75 Å². The maximum atomic E-state index is 13.0. The number of anilines is 1. The number of sulfonamides is 1. The van der Waals surface area contributed by atoms with Gasteiger partial charge in [0.25, 0.3) is 11.8 Å². The quantitative estimate of drug-likeness (QED) is 0.346. The molecule has 2 aromatic rings. The molecular weight excluding hydrogens is 480 g/mol. The van der Waals surface area contributed by atoms with Crippen LogP contribution in [0.5, 0.6) is 11.5 Å². The van der Waals surface area contributed by atoms with E-state index in [-0.39, 0.29) is 40.5 Å². The number of carbonyl (C=O) groups is 2. The molecule has 0 unspecified atom stereocenters. The first kappa shape index (κ1) is 25.8. The highest BCUT2D eigenvalue weighted by molar-refractivity contribution is 7.89. The maximum absolute atomic E-state index is 13.0. The first-order valence-electron chi connectivity index (χ1n) is 9.39. The molecule has 0 saturated carbocycles. The van der Waals surface area contributed by atoms with Gasteiger partial charge in [-0.05, 0) is 18.2 Å². The summed E-state index contributed by atoms with van der Waals surface area (Å²) in [5, 5.41) is 22.7. The van der Waals surface area contributed by atoms with Gasteiger partial charge >= 0.3 is 5.69 Å². The summed E-state index contributed by atoms with van der Waals surface area (Å²) in [7, 11) is -2.88. The molecule has 178 valence electrons. The Balaban J connectivity index is 2.67. The summed E-state index contributed by atoms with van der Waals surface area (Å²) >= 11 is 5.78. The number of benzene rings is 2. The first-order valence-corrected chi connectivity index (χ1v) is 11.2. The third kappa shape index (κ3) is 5.16. The summed E-state index contributed by atoms with van der Waals surface area (Å²) in [6, 6.07) is 3.88. The van der Waals surface area contributed by atoms with Gasteiger partial charge in [0.05, 0.1) is 33.2 Å². The van der Waals surface area contributed by atoms with E-state index in [1.165, 1.54) is 7.11 Å². The van der Waals surface area contributed by atoms with Crippen molar-refractivity contribution in [2.75, 3.05) is 25.5 Å². The molecule has 14 heteroatoms. The number of nitro benzene ring substituents is 1. The third-order valence-electron chi connectivity index (χ3n) is 4.63. The summed E-state index contributed by atoms with van der Waals surface area (Å²) in [5.74, 6) is -3.00. The molecule has 0 aliphatic carbocycles. The molecule has 0 saturated heterocycles. The van der Waals surface area contributed by atoms with Gasteiger partial charge in [0.2, 0.25) is 15.8 Å². The number of ether oxygens (including phenoxy) is 1. The number of nitrogens with zero attached hydrogens (tertiary/aromatic N) is 2. The van der Waals surface area contributed by atoms with E-state index in [4.69, 9.17) is 22.1 Å². The standard InChI is InChI=1S/C19H21ClN4O8S/c1-4-23(5-2)33(30,31)11-8-12(18(21)26)17(32-3)14(9-11)22-19(27)10-6-13(20)16(25)15(7-10)24(28)29/h6-9,25H,4-5H2,1-3H3,(H2,21,26)(H,22,27). The summed E-state index contributed by atoms with van der Waals surface area (Å²) in [5.41, 5.74) is 3.72. The van der Waals surface area contributed by atoms with E-state index >= 15 is 0 Å². The Hall–Kier alpha value is -3.42. The van der Waals surface area contributed by atoms with Crippen LogP contribution >= 0.6 is 11.6 Å². The summed E-state index contributed by atoms with van der Waals surface area (Å²) in [6.07, 6.45) is 0. The second-order valence-corrected chi connectivity index (χ2v) is 8.89. The fourth-order valence-electron chi connectivity index (χ4n) is 3.01. The van der Waals surface area contributed by atoms with Crippen molar-refractivity contribution < 1.29 is 32.8 Å². The Bertz CT molecular complexity index is 1230. The van der Waals surface area contributed by atoms with Gasteiger partial charge in [-0.15, -0.1) is 0 Å². The van der Waals surface area contributed by atoms with Crippen LogP contribution in [0.4, 0.5) is 11.4 Å². The molecule has 0 aromatic heterocycles. The second-order valence-electron chi connectivity index (χ2n) is 6.54. The molecule has 33 heavy (non-hydrogen) atoms. The number of nitrogens with one attached hydrogen (secondary N) is 1. The molecule has 0 atom stereocenters. The molecule has 0 aliphatic rings. The van der Waals surface area contributed by atoms with Gasteiger partial charge < -0.3 is 20.9 Å². The molecule has 0 heterocycles. The molecule has 2 amide bonds. The van der Waals surface area contributed by atoms with Gasteiger partial charge in [-0.1, -0.05) is 25.4 Å². The van der Waals surface area contributed by atoms with E-state index < -0.39 is 43.2 Å². The summed E-state index contributed by atoms with van der Waals surface area (Å²) in [4.78, 5) is 34.6. The van der Waals surface area contributed by atoms with E-state index in [0.717, 1.165) is 28.6 Å². The van der Waals surface area contributed by atoms with Gasteiger partial charge in [0, 0.05) is 24.7 Å².